The zero-order chi connectivity index (χ0) is 16.5. The Bertz CT molecular complexity index is 486. The van der Waals surface area contributed by atoms with Gasteiger partial charge in [-0.1, -0.05) is 26.0 Å². The zero-order valence-corrected chi connectivity index (χ0v) is 13.6. The van der Waals surface area contributed by atoms with Gasteiger partial charge in [-0.25, -0.2) is 4.79 Å². The van der Waals surface area contributed by atoms with Crippen LogP contribution in [0.1, 0.15) is 39.2 Å². The predicted octanol–water partition coefficient (Wildman–Crippen LogP) is 1.97. The zero-order valence-electron chi connectivity index (χ0n) is 13.6. The average molecular weight is 307 g/mol. The second kappa shape index (κ2) is 8.92. The summed E-state index contributed by atoms with van der Waals surface area (Å²) >= 11 is 0. The van der Waals surface area contributed by atoms with Crippen LogP contribution < -0.4 is 20.7 Å². The van der Waals surface area contributed by atoms with Crippen molar-refractivity contribution in [2.75, 3.05) is 13.1 Å². The Kier molecular flexibility index (Phi) is 7.22. The summed E-state index contributed by atoms with van der Waals surface area (Å²) in [6.45, 7) is 8.21. The second-order valence-electron chi connectivity index (χ2n) is 5.37. The number of ether oxygens (including phenoxy) is 1. The van der Waals surface area contributed by atoms with Crippen LogP contribution in [0.25, 0.3) is 0 Å². The van der Waals surface area contributed by atoms with Crippen molar-refractivity contribution in [3.63, 3.8) is 0 Å². The average Bonchev–Trinajstić information content (AvgIpc) is 2.43. The van der Waals surface area contributed by atoms with Crippen molar-refractivity contribution in [3.8, 4) is 5.75 Å². The quantitative estimate of drug-likeness (QED) is 0.532. The van der Waals surface area contributed by atoms with Crippen molar-refractivity contribution < 1.29 is 14.3 Å². The molecule has 6 heteroatoms. The molecule has 3 N–H and O–H groups in total. The molecule has 0 aromatic heterocycles. The lowest BCUT2D eigenvalue weighted by atomic mass is 10.0. The SMILES string of the molecule is CC(=O)NCCNC(=O)NC(C)Oc1ccc(C(C)C)cc1. The van der Waals surface area contributed by atoms with Crippen molar-refractivity contribution in [3.05, 3.63) is 29.8 Å². The van der Waals surface area contributed by atoms with Crippen LogP contribution in [0.5, 0.6) is 5.75 Å². The fraction of sp³-hybridized carbons (Fsp3) is 0.500. The number of carbonyl (C=O) groups is 2. The molecule has 0 fully saturated rings. The first kappa shape index (κ1) is 17.8. The third-order valence-corrected chi connectivity index (χ3v) is 2.98. The van der Waals surface area contributed by atoms with E-state index in [1.54, 1.807) is 6.92 Å². The van der Waals surface area contributed by atoms with Crippen LogP contribution >= 0.6 is 0 Å². The Hall–Kier alpha value is -2.24. The van der Waals surface area contributed by atoms with Crippen molar-refractivity contribution in [1.29, 1.82) is 0 Å². The lowest BCUT2D eigenvalue weighted by Crippen LogP contribution is -2.45. The molecule has 6 nitrogen and oxygen atoms in total. The lowest BCUT2D eigenvalue weighted by molar-refractivity contribution is -0.118. The Balaban J connectivity index is 2.31. The Labute approximate surface area is 131 Å². The number of carbonyl (C=O) groups excluding carboxylic acids is 2. The molecular weight excluding hydrogens is 282 g/mol. The van der Waals surface area contributed by atoms with Crippen LogP contribution in [-0.2, 0) is 4.79 Å². The summed E-state index contributed by atoms with van der Waals surface area (Å²) in [5.74, 6) is 1.05. The van der Waals surface area contributed by atoms with Gasteiger partial charge in [-0.05, 0) is 30.5 Å². The smallest absolute Gasteiger partial charge is 0.317 e. The molecule has 1 aromatic carbocycles. The summed E-state index contributed by atoms with van der Waals surface area (Å²) in [7, 11) is 0. The van der Waals surface area contributed by atoms with Crippen LogP contribution in [0, 0.1) is 0 Å². The van der Waals surface area contributed by atoms with Gasteiger partial charge in [-0.15, -0.1) is 0 Å². The maximum atomic E-state index is 11.6. The van der Waals surface area contributed by atoms with Gasteiger partial charge in [-0.3, -0.25) is 4.79 Å². The van der Waals surface area contributed by atoms with E-state index in [4.69, 9.17) is 4.74 Å². The van der Waals surface area contributed by atoms with Gasteiger partial charge < -0.3 is 20.7 Å². The van der Waals surface area contributed by atoms with E-state index in [1.807, 2.05) is 24.3 Å². The van der Waals surface area contributed by atoms with Crippen molar-refractivity contribution in [1.82, 2.24) is 16.0 Å². The third-order valence-electron chi connectivity index (χ3n) is 2.98. The van der Waals surface area contributed by atoms with Crippen molar-refractivity contribution in [2.24, 2.45) is 0 Å². The first-order valence-corrected chi connectivity index (χ1v) is 7.44. The number of rotatable bonds is 7. The molecule has 1 unspecified atom stereocenters. The van der Waals surface area contributed by atoms with E-state index in [9.17, 15) is 9.59 Å². The number of urea groups is 1. The molecule has 0 radical (unpaired) electrons. The van der Waals surface area contributed by atoms with E-state index in [0.717, 1.165) is 0 Å². The summed E-state index contributed by atoms with van der Waals surface area (Å²) in [4.78, 5) is 22.3. The summed E-state index contributed by atoms with van der Waals surface area (Å²) in [6, 6.07) is 7.47. The molecule has 1 atom stereocenters. The van der Waals surface area contributed by atoms with Gasteiger partial charge in [0.15, 0.2) is 6.23 Å². The number of benzene rings is 1. The summed E-state index contributed by atoms with van der Waals surface area (Å²) in [5.41, 5.74) is 1.24. The molecule has 1 rings (SSSR count). The van der Waals surface area contributed by atoms with E-state index in [1.165, 1.54) is 12.5 Å². The highest BCUT2D eigenvalue weighted by molar-refractivity contribution is 5.74. The normalized spacial score (nSPS) is 11.7. The van der Waals surface area contributed by atoms with Crippen LogP contribution in [0.15, 0.2) is 24.3 Å². The van der Waals surface area contributed by atoms with E-state index in [0.29, 0.717) is 24.8 Å². The van der Waals surface area contributed by atoms with Crippen LogP contribution in [-0.4, -0.2) is 31.3 Å². The molecule has 0 aliphatic rings. The fourth-order valence-corrected chi connectivity index (χ4v) is 1.82. The first-order valence-electron chi connectivity index (χ1n) is 7.44. The number of hydrogen-bond donors (Lipinski definition) is 3. The molecule has 0 saturated carbocycles. The maximum absolute atomic E-state index is 11.6. The Morgan fingerprint density at radius 1 is 1.05 bits per heavy atom. The van der Waals surface area contributed by atoms with Gasteiger partial charge in [0.05, 0.1) is 0 Å². The molecule has 0 spiro atoms. The number of nitrogens with one attached hydrogen (secondary N) is 3. The van der Waals surface area contributed by atoms with E-state index < -0.39 is 6.23 Å². The molecular formula is C16H25N3O3. The second-order valence-corrected chi connectivity index (χ2v) is 5.37. The summed E-state index contributed by atoms with van der Waals surface area (Å²) in [6.07, 6.45) is -0.453. The lowest BCUT2D eigenvalue weighted by Gasteiger charge is -2.17. The topological polar surface area (TPSA) is 79.5 Å². The van der Waals surface area contributed by atoms with Gasteiger partial charge in [-0.2, -0.15) is 0 Å². The van der Waals surface area contributed by atoms with Crippen LogP contribution in [0.4, 0.5) is 4.79 Å². The summed E-state index contributed by atoms with van der Waals surface area (Å²) in [5, 5.41) is 7.90. The van der Waals surface area contributed by atoms with Crippen molar-refractivity contribution in [2.45, 2.75) is 39.8 Å². The molecule has 0 saturated heterocycles. The van der Waals surface area contributed by atoms with Gasteiger partial charge in [0.25, 0.3) is 0 Å². The predicted molar refractivity (Wildman–Crippen MR) is 85.8 cm³/mol. The summed E-state index contributed by atoms with van der Waals surface area (Å²) < 4.78 is 5.62. The molecule has 0 bridgehead atoms. The fourth-order valence-electron chi connectivity index (χ4n) is 1.82. The molecule has 1 aromatic rings. The highest BCUT2D eigenvalue weighted by Gasteiger charge is 2.08. The minimum atomic E-state index is -0.453. The highest BCUT2D eigenvalue weighted by atomic mass is 16.5. The number of hydrogen-bond acceptors (Lipinski definition) is 3. The van der Waals surface area contributed by atoms with E-state index in [2.05, 4.69) is 29.8 Å². The van der Waals surface area contributed by atoms with Gasteiger partial charge in [0.2, 0.25) is 5.91 Å². The minimum Gasteiger partial charge on any atom is -0.471 e. The highest BCUT2D eigenvalue weighted by Crippen LogP contribution is 2.19. The molecule has 0 aliphatic carbocycles. The van der Waals surface area contributed by atoms with Crippen molar-refractivity contribution >= 4 is 11.9 Å². The maximum Gasteiger partial charge on any atom is 0.317 e. The molecule has 0 heterocycles. The Morgan fingerprint density at radius 3 is 2.18 bits per heavy atom. The van der Waals surface area contributed by atoms with Crippen LogP contribution in [0.3, 0.4) is 0 Å². The standard InChI is InChI=1S/C16H25N3O3/c1-11(2)14-5-7-15(8-6-14)22-13(4)19-16(21)18-10-9-17-12(3)20/h5-8,11,13H,9-10H2,1-4H3,(H,17,20)(H2,18,19,21). The molecule has 0 aliphatic heterocycles. The molecule has 3 amide bonds. The van der Waals surface area contributed by atoms with E-state index >= 15 is 0 Å². The van der Waals surface area contributed by atoms with Crippen LogP contribution in [0.2, 0.25) is 0 Å². The number of amides is 3. The monoisotopic (exact) mass is 307 g/mol. The van der Waals surface area contributed by atoms with Gasteiger partial charge in [0, 0.05) is 20.0 Å². The molecule has 122 valence electrons. The Morgan fingerprint density at radius 2 is 1.64 bits per heavy atom. The minimum absolute atomic E-state index is 0.122. The molecule has 22 heavy (non-hydrogen) atoms. The van der Waals surface area contributed by atoms with E-state index in [-0.39, 0.29) is 11.9 Å². The largest absolute Gasteiger partial charge is 0.471 e. The van der Waals surface area contributed by atoms with Gasteiger partial charge >= 0.3 is 6.03 Å². The van der Waals surface area contributed by atoms with Gasteiger partial charge in [0.1, 0.15) is 5.75 Å². The third kappa shape index (κ3) is 6.97. The first-order chi connectivity index (χ1) is 10.4.